The van der Waals surface area contributed by atoms with Gasteiger partial charge in [-0.3, -0.25) is 0 Å². The number of phenolic OH excluding ortho intramolecular Hbond substituents is 1. The number of hydrogen-bond donors (Lipinski definition) is 4. The van der Waals surface area contributed by atoms with Crippen molar-refractivity contribution in [3.63, 3.8) is 0 Å². The van der Waals surface area contributed by atoms with Crippen molar-refractivity contribution < 1.29 is 24.9 Å². The molecule has 4 N–H and O–H groups in total. The maximum Gasteiger partial charge on any atom is 0.407 e. The molecule has 0 fully saturated rings. The molecule has 160 valence electrons. The number of aromatic hydroxyl groups is 1. The Bertz CT molecular complexity index is 1020. The van der Waals surface area contributed by atoms with Crippen LogP contribution in [0.4, 0.5) is 4.79 Å². The molecular weight excluding hydrogens is 394 g/mol. The molecule has 4 rings (SSSR count). The molecule has 0 spiro atoms. The normalized spacial score (nSPS) is 14.4. The number of nitrogens with one attached hydrogen (secondary N) is 1. The van der Waals surface area contributed by atoms with Gasteiger partial charge in [0.1, 0.15) is 18.5 Å². The molecule has 3 aromatic rings. The highest BCUT2D eigenvalue weighted by atomic mass is 16.5. The summed E-state index contributed by atoms with van der Waals surface area (Å²) < 4.78 is 5.46. The number of phenols is 1. The van der Waals surface area contributed by atoms with E-state index in [9.17, 15) is 20.1 Å². The van der Waals surface area contributed by atoms with Gasteiger partial charge in [-0.1, -0.05) is 60.7 Å². The van der Waals surface area contributed by atoms with E-state index in [0.29, 0.717) is 5.56 Å². The largest absolute Gasteiger partial charge is 0.508 e. The molecule has 6 heteroatoms. The Hall–Kier alpha value is -3.35. The van der Waals surface area contributed by atoms with Crippen LogP contribution < -0.4 is 5.32 Å². The van der Waals surface area contributed by atoms with Gasteiger partial charge >= 0.3 is 6.09 Å². The fraction of sp³-hybridized carbons (Fsp3) is 0.240. The second-order valence-electron chi connectivity index (χ2n) is 7.65. The van der Waals surface area contributed by atoms with Crippen LogP contribution in [0.25, 0.3) is 11.1 Å². The Kier molecular flexibility index (Phi) is 6.21. The highest BCUT2D eigenvalue weighted by Crippen LogP contribution is 2.44. The van der Waals surface area contributed by atoms with E-state index >= 15 is 0 Å². The summed E-state index contributed by atoms with van der Waals surface area (Å²) in [7, 11) is 0. The lowest BCUT2D eigenvalue weighted by Crippen LogP contribution is -2.30. The molecule has 0 saturated heterocycles. The van der Waals surface area contributed by atoms with E-state index < -0.39 is 18.3 Å². The fourth-order valence-corrected chi connectivity index (χ4v) is 4.06. The summed E-state index contributed by atoms with van der Waals surface area (Å²) in [6.07, 6.45) is -2.67. The van der Waals surface area contributed by atoms with Crippen LogP contribution in [0.5, 0.6) is 5.75 Å². The Morgan fingerprint density at radius 2 is 1.58 bits per heavy atom. The van der Waals surface area contributed by atoms with Gasteiger partial charge in [-0.05, 0) is 46.4 Å². The highest BCUT2D eigenvalue weighted by Gasteiger charge is 2.29. The molecule has 0 aromatic heterocycles. The van der Waals surface area contributed by atoms with Crippen molar-refractivity contribution in [3.05, 3.63) is 89.5 Å². The molecule has 1 aliphatic rings. The van der Waals surface area contributed by atoms with Crippen molar-refractivity contribution in [3.8, 4) is 16.9 Å². The summed E-state index contributed by atoms with van der Waals surface area (Å²) in [5.41, 5.74) is 5.02. The number of ether oxygens (including phenoxy) is 1. The van der Waals surface area contributed by atoms with Crippen LogP contribution in [0.1, 0.15) is 35.1 Å². The van der Waals surface area contributed by atoms with E-state index in [0.717, 1.165) is 22.3 Å². The predicted octanol–water partition coefficient (Wildman–Crippen LogP) is 3.72. The zero-order chi connectivity index (χ0) is 21.8. The monoisotopic (exact) mass is 419 g/mol. The molecule has 6 nitrogen and oxygen atoms in total. The number of fused-ring (bicyclic) bond motifs is 3. The molecule has 2 atom stereocenters. The summed E-state index contributed by atoms with van der Waals surface area (Å²) in [5.74, 6) is -0.00293. The van der Waals surface area contributed by atoms with Crippen LogP contribution >= 0.6 is 0 Å². The molecule has 2 unspecified atom stereocenters. The number of rotatable bonds is 7. The lowest BCUT2D eigenvalue weighted by atomic mass is 9.98. The van der Waals surface area contributed by atoms with Crippen LogP contribution in [-0.2, 0) is 4.74 Å². The first-order valence-corrected chi connectivity index (χ1v) is 10.3. The van der Waals surface area contributed by atoms with Crippen LogP contribution in [0.15, 0.2) is 72.8 Å². The predicted molar refractivity (Wildman–Crippen MR) is 117 cm³/mol. The number of benzene rings is 3. The number of hydrogen-bond acceptors (Lipinski definition) is 5. The molecule has 1 aliphatic carbocycles. The minimum absolute atomic E-state index is 0.0144. The Morgan fingerprint density at radius 3 is 2.23 bits per heavy atom. The van der Waals surface area contributed by atoms with Crippen LogP contribution in [-0.4, -0.2) is 40.7 Å². The van der Waals surface area contributed by atoms with Gasteiger partial charge in [0.25, 0.3) is 0 Å². The van der Waals surface area contributed by atoms with E-state index in [1.54, 1.807) is 12.1 Å². The van der Waals surface area contributed by atoms with Gasteiger partial charge in [-0.2, -0.15) is 0 Å². The maximum atomic E-state index is 12.2. The SMILES string of the molecule is O=C(NCCC(O)C(O)c1cccc(O)c1)OCC1c2ccccc2-c2ccccc21. The van der Waals surface area contributed by atoms with E-state index in [2.05, 4.69) is 29.6 Å². The van der Waals surface area contributed by atoms with Crippen LogP contribution in [0.2, 0.25) is 0 Å². The summed E-state index contributed by atoms with van der Waals surface area (Å²) in [6.45, 7) is 0.363. The van der Waals surface area contributed by atoms with Gasteiger partial charge in [0.15, 0.2) is 0 Å². The second-order valence-corrected chi connectivity index (χ2v) is 7.65. The van der Waals surface area contributed by atoms with Crippen LogP contribution in [0, 0.1) is 0 Å². The van der Waals surface area contributed by atoms with Gasteiger partial charge in [-0.15, -0.1) is 0 Å². The number of aliphatic hydroxyl groups excluding tert-OH is 2. The molecule has 31 heavy (non-hydrogen) atoms. The van der Waals surface area contributed by atoms with E-state index in [1.165, 1.54) is 12.1 Å². The lowest BCUT2D eigenvalue weighted by Gasteiger charge is -2.19. The van der Waals surface area contributed by atoms with Crippen molar-refractivity contribution in [1.29, 1.82) is 0 Å². The maximum absolute atomic E-state index is 12.2. The third-order valence-corrected chi connectivity index (χ3v) is 5.63. The lowest BCUT2D eigenvalue weighted by molar-refractivity contribution is 0.0136. The van der Waals surface area contributed by atoms with Crippen molar-refractivity contribution in [2.75, 3.05) is 13.2 Å². The number of amides is 1. The van der Waals surface area contributed by atoms with E-state index in [-0.39, 0.29) is 31.2 Å². The Morgan fingerprint density at radius 1 is 0.935 bits per heavy atom. The summed E-state index contributed by atoms with van der Waals surface area (Å²) in [6, 6.07) is 22.3. The molecule has 0 aliphatic heterocycles. The van der Waals surface area contributed by atoms with Gasteiger partial charge in [0.2, 0.25) is 0 Å². The number of carbonyl (C=O) groups is 1. The summed E-state index contributed by atoms with van der Waals surface area (Å²) >= 11 is 0. The zero-order valence-corrected chi connectivity index (χ0v) is 16.9. The summed E-state index contributed by atoms with van der Waals surface area (Å²) in [4.78, 5) is 12.2. The Labute approximate surface area is 180 Å². The first-order chi connectivity index (χ1) is 15.0. The standard InChI is InChI=1S/C25H25NO5/c27-17-7-5-6-16(14-17)24(29)23(28)12-13-26-25(30)31-15-22-20-10-3-1-8-18(20)19-9-2-4-11-21(19)22/h1-11,14,22-24,27-29H,12-13,15H2,(H,26,30). The third-order valence-electron chi connectivity index (χ3n) is 5.63. The number of carbonyl (C=O) groups excluding carboxylic acids is 1. The van der Waals surface area contributed by atoms with E-state index in [1.807, 2.05) is 24.3 Å². The minimum Gasteiger partial charge on any atom is -0.508 e. The smallest absolute Gasteiger partial charge is 0.407 e. The van der Waals surface area contributed by atoms with Gasteiger partial charge in [0, 0.05) is 12.5 Å². The summed E-state index contributed by atoms with van der Waals surface area (Å²) in [5, 5.41) is 32.5. The topological polar surface area (TPSA) is 99.0 Å². The number of alkyl carbamates (subject to hydrolysis) is 1. The molecular formula is C25H25NO5. The average Bonchev–Trinajstić information content (AvgIpc) is 3.11. The molecule has 3 aromatic carbocycles. The highest BCUT2D eigenvalue weighted by molar-refractivity contribution is 5.79. The quantitative estimate of drug-likeness (QED) is 0.468. The second kappa shape index (κ2) is 9.20. The van der Waals surface area contributed by atoms with Crippen LogP contribution in [0.3, 0.4) is 0 Å². The third kappa shape index (κ3) is 4.55. The molecule has 0 radical (unpaired) electrons. The molecule has 1 amide bonds. The Balaban J connectivity index is 1.28. The minimum atomic E-state index is -1.16. The molecule has 0 heterocycles. The first-order valence-electron chi connectivity index (χ1n) is 10.3. The molecule has 0 bridgehead atoms. The average molecular weight is 419 g/mol. The fourth-order valence-electron chi connectivity index (χ4n) is 4.06. The van der Waals surface area contributed by atoms with Crippen molar-refractivity contribution in [2.45, 2.75) is 24.5 Å². The van der Waals surface area contributed by atoms with Crippen molar-refractivity contribution in [1.82, 2.24) is 5.32 Å². The number of aliphatic hydroxyl groups is 2. The van der Waals surface area contributed by atoms with Gasteiger partial charge in [-0.25, -0.2) is 4.79 Å². The van der Waals surface area contributed by atoms with Crippen molar-refractivity contribution >= 4 is 6.09 Å². The first kappa shape index (κ1) is 20.9. The van der Waals surface area contributed by atoms with Gasteiger partial charge in [0.05, 0.1) is 6.10 Å². The zero-order valence-electron chi connectivity index (χ0n) is 16.9. The van der Waals surface area contributed by atoms with Crippen molar-refractivity contribution in [2.24, 2.45) is 0 Å². The van der Waals surface area contributed by atoms with Gasteiger partial charge < -0.3 is 25.4 Å². The molecule has 0 saturated carbocycles. The van der Waals surface area contributed by atoms with E-state index in [4.69, 9.17) is 4.74 Å².